The van der Waals surface area contributed by atoms with E-state index in [0.29, 0.717) is 12.1 Å². The molecule has 0 atom stereocenters. The van der Waals surface area contributed by atoms with E-state index in [1.165, 1.54) is 18.2 Å². The fraction of sp³-hybridized carbons (Fsp3) is 0.438. The largest absolute Gasteiger partial charge is 0.384 e. The maximum Gasteiger partial charge on any atom is 0.254 e. The van der Waals surface area contributed by atoms with E-state index in [2.05, 4.69) is 24.1 Å². The maximum atomic E-state index is 13.7. The van der Waals surface area contributed by atoms with Crippen molar-refractivity contribution in [2.75, 3.05) is 13.2 Å². The highest BCUT2D eigenvalue weighted by molar-refractivity contribution is 5.94. The highest BCUT2D eigenvalue weighted by atomic mass is 19.1. The quantitative estimate of drug-likeness (QED) is 0.827. The summed E-state index contributed by atoms with van der Waals surface area (Å²) in [6.07, 6.45) is 3.26. The molecule has 1 amide bonds. The number of aliphatic hydroxyl groups excluding tert-OH is 1. The van der Waals surface area contributed by atoms with Gasteiger partial charge in [0.15, 0.2) is 0 Å². The van der Waals surface area contributed by atoms with Gasteiger partial charge >= 0.3 is 0 Å². The minimum Gasteiger partial charge on any atom is -0.384 e. The molecule has 20 heavy (non-hydrogen) atoms. The number of nitrogens with one attached hydrogen (secondary N) is 1. The van der Waals surface area contributed by atoms with Gasteiger partial charge in [-0.1, -0.05) is 18.8 Å². The van der Waals surface area contributed by atoms with Crippen LogP contribution in [-0.4, -0.2) is 24.2 Å². The molecule has 0 heterocycles. The van der Waals surface area contributed by atoms with Gasteiger partial charge in [-0.3, -0.25) is 4.79 Å². The van der Waals surface area contributed by atoms with E-state index >= 15 is 0 Å². The fourth-order valence-electron chi connectivity index (χ4n) is 2.11. The molecule has 1 saturated carbocycles. The number of amides is 1. The Morgan fingerprint density at radius 3 is 2.85 bits per heavy atom. The lowest BCUT2D eigenvalue weighted by molar-refractivity contribution is 0.0940. The van der Waals surface area contributed by atoms with Crippen LogP contribution in [0.15, 0.2) is 18.2 Å². The summed E-state index contributed by atoms with van der Waals surface area (Å²) >= 11 is 0. The Bertz CT molecular complexity index is 568. The van der Waals surface area contributed by atoms with Crippen LogP contribution in [0.25, 0.3) is 0 Å². The summed E-state index contributed by atoms with van der Waals surface area (Å²) in [5, 5.41) is 11.4. The number of benzene rings is 1. The van der Waals surface area contributed by atoms with Gasteiger partial charge in [0, 0.05) is 12.1 Å². The number of aliphatic hydroxyl groups is 1. The van der Waals surface area contributed by atoms with Crippen LogP contribution in [0.2, 0.25) is 0 Å². The van der Waals surface area contributed by atoms with E-state index < -0.39 is 11.7 Å². The first-order valence-electron chi connectivity index (χ1n) is 6.78. The topological polar surface area (TPSA) is 49.3 Å². The van der Waals surface area contributed by atoms with Crippen LogP contribution in [0.4, 0.5) is 4.39 Å². The van der Waals surface area contributed by atoms with Crippen LogP contribution >= 0.6 is 0 Å². The summed E-state index contributed by atoms with van der Waals surface area (Å²) in [4.78, 5) is 12.0. The van der Waals surface area contributed by atoms with E-state index in [1.54, 1.807) is 0 Å². The van der Waals surface area contributed by atoms with Crippen molar-refractivity contribution in [3.63, 3.8) is 0 Å². The summed E-state index contributed by atoms with van der Waals surface area (Å²) < 4.78 is 13.7. The summed E-state index contributed by atoms with van der Waals surface area (Å²) in [7, 11) is 0. The molecule has 106 valence electrons. The molecule has 3 nitrogen and oxygen atoms in total. The fourth-order valence-corrected chi connectivity index (χ4v) is 2.11. The average Bonchev–Trinajstić information content (AvgIpc) is 3.24. The molecule has 0 unspecified atom stereocenters. The van der Waals surface area contributed by atoms with Crippen molar-refractivity contribution in [3.8, 4) is 11.8 Å². The Kier molecular flexibility index (Phi) is 4.41. The van der Waals surface area contributed by atoms with E-state index in [4.69, 9.17) is 5.11 Å². The second-order valence-electron chi connectivity index (χ2n) is 5.19. The van der Waals surface area contributed by atoms with Crippen molar-refractivity contribution in [2.45, 2.75) is 26.2 Å². The first-order valence-corrected chi connectivity index (χ1v) is 6.78. The van der Waals surface area contributed by atoms with Crippen molar-refractivity contribution in [1.29, 1.82) is 0 Å². The highest BCUT2D eigenvalue weighted by Gasteiger charge is 2.40. The second kappa shape index (κ2) is 6.06. The smallest absolute Gasteiger partial charge is 0.254 e. The predicted molar refractivity (Wildman–Crippen MR) is 74.7 cm³/mol. The normalized spacial score (nSPS) is 15.2. The molecule has 2 N–H and O–H groups in total. The lowest BCUT2D eigenvalue weighted by Crippen LogP contribution is -2.30. The molecule has 0 spiro atoms. The minimum absolute atomic E-state index is 0.00152. The van der Waals surface area contributed by atoms with Crippen LogP contribution in [0, 0.1) is 23.1 Å². The van der Waals surface area contributed by atoms with Gasteiger partial charge in [0.25, 0.3) is 5.91 Å². The molecule has 1 aliphatic carbocycles. The van der Waals surface area contributed by atoms with Crippen molar-refractivity contribution in [1.82, 2.24) is 5.32 Å². The van der Waals surface area contributed by atoms with Crippen LogP contribution in [0.5, 0.6) is 0 Å². The summed E-state index contributed by atoms with van der Waals surface area (Å²) in [5.41, 5.74) is 0.740. The molecule has 0 bridgehead atoms. The SMILES string of the molecule is CCC1(CNC(=O)c2cc(C#CCO)ccc2F)CC1. The van der Waals surface area contributed by atoms with Gasteiger partial charge in [-0.05, 0) is 42.9 Å². The maximum absolute atomic E-state index is 13.7. The molecule has 0 saturated heterocycles. The number of halogens is 1. The third-order valence-electron chi connectivity index (χ3n) is 3.85. The zero-order chi connectivity index (χ0) is 14.6. The molecule has 4 heteroatoms. The average molecular weight is 275 g/mol. The number of carbonyl (C=O) groups excluding carboxylic acids is 1. The Balaban J connectivity index is 2.08. The highest BCUT2D eigenvalue weighted by Crippen LogP contribution is 2.47. The summed E-state index contributed by atoms with van der Waals surface area (Å²) in [5.74, 6) is 4.18. The lowest BCUT2D eigenvalue weighted by atomic mass is 10.0. The number of hydrogen-bond acceptors (Lipinski definition) is 2. The van der Waals surface area contributed by atoms with E-state index in [-0.39, 0.29) is 17.6 Å². The minimum atomic E-state index is -0.557. The molecule has 0 aromatic heterocycles. The Hall–Kier alpha value is -1.86. The lowest BCUT2D eigenvalue weighted by Gasteiger charge is -2.13. The van der Waals surface area contributed by atoms with Crippen LogP contribution in [-0.2, 0) is 0 Å². The predicted octanol–water partition coefficient (Wildman–Crippen LogP) is 2.09. The van der Waals surface area contributed by atoms with Crippen molar-refractivity contribution in [2.24, 2.45) is 5.41 Å². The second-order valence-corrected chi connectivity index (χ2v) is 5.19. The van der Waals surface area contributed by atoms with Gasteiger partial charge in [-0.15, -0.1) is 0 Å². The first-order chi connectivity index (χ1) is 9.60. The Morgan fingerprint density at radius 1 is 1.50 bits per heavy atom. The van der Waals surface area contributed by atoms with Crippen molar-refractivity contribution < 1.29 is 14.3 Å². The molecule has 1 aromatic rings. The summed E-state index contributed by atoms with van der Waals surface area (Å²) in [6.45, 7) is 2.43. The molecular weight excluding hydrogens is 257 g/mol. The van der Waals surface area contributed by atoms with Gasteiger partial charge in [0.2, 0.25) is 0 Å². The molecule has 2 rings (SSSR count). The van der Waals surface area contributed by atoms with E-state index in [0.717, 1.165) is 19.3 Å². The van der Waals surface area contributed by atoms with Crippen molar-refractivity contribution in [3.05, 3.63) is 35.1 Å². The number of hydrogen-bond donors (Lipinski definition) is 2. The molecular formula is C16H18FNO2. The molecule has 1 fully saturated rings. The zero-order valence-electron chi connectivity index (χ0n) is 11.5. The van der Waals surface area contributed by atoms with Crippen LogP contribution < -0.4 is 5.32 Å². The molecule has 1 aliphatic rings. The molecule has 1 aromatic carbocycles. The Morgan fingerprint density at radius 2 is 2.25 bits per heavy atom. The monoisotopic (exact) mass is 275 g/mol. The number of carbonyl (C=O) groups is 1. The van der Waals surface area contributed by atoms with Gasteiger partial charge in [0.1, 0.15) is 12.4 Å². The Labute approximate surface area is 118 Å². The molecule has 0 radical (unpaired) electrons. The van der Waals surface area contributed by atoms with E-state index in [9.17, 15) is 9.18 Å². The number of rotatable bonds is 4. The van der Waals surface area contributed by atoms with Gasteiger partial charge < -0.3 is 10.4 Å². The van der Waals surface area contributed by atoms with Crippen LogP contribution in [0.1, 0.15) is 42.1 Å². The van der Waals surface area contributed by atoms with Gasteiger partial charge in [0.05, 0.1) is 5.56 Å². The standard InChI is InChI=1S/C16H18FNO2/c1-2-16(7-8-16)11-18-15(20)13-10-12(4-3-9-19)5-6-14(13)17/h5-6,10,19H,2,7-9,11H2,1H3,(H,18,20). The van der Waals surface area contributed by atoms with Crippen LogP contribution in [0.3, 0.4) is 0 Å². The first kappa shape index (κ1) is 14.5. The van der Waals surface area contributed by atoms with Gasteiger partial charge in [-0.2, -0.15) is 0 Å². The third-order valence-corrected chi connectivity index (χ3v) is 3.85. The molecule has 0 aliphatic heterocycles. The van der Waals surface area contributed by atoms with Crippen molar-refractivity contribution >= 4 is 5.91 Å². The zero-order valence-corrected chi connectivity index (χ0v) is 11.5. The van der Waals surface area contributed by atoms with E-state index in [1.807, 2.05) is 0 Å². The summed E-state index contributed by atoms with van der Waals surface area (Å²) in [6, 6.07) is 4.13. The van der Waals surface area contributed by atoms with Gasteiger partial charge in [-0.25, -0.2) is 4.39 Å². The third kappa shape index (κ3) is 3.37.